The molecule has 0 radical (unpaired) electrons. The molecule has 3 rings (SSSR count). The summed E-state index contributed by atoms with van der Waals surface area (Å²) >= 11 is 0. The first kappa shape index (κ1) is 16.7. The van der Waals surface area contributed by atoms with Crippen LogP contribution in [0.4, 0.5) is 0 Å². The van der Waals surface area contributed by atoms with E-state index in [0.29, 0.717) is 5.56 Å². The number of benzene rings is 1. The van der Waals surface area contributed by atoms with Crippen LogP contribution >= 0.6 is 0 Å². The van der Waals surface area contributed by atoms with E-state index in [4.69, 9.17) is 0 Å². The summed E-state index contributed by atoms with van der Waals surface area (Å²) in [7, 11) is 1.79. The van der Waals surface area contributed by atoms with Crippen LogP contribution in [0.2, 0.25) is 0 Å². The number of nitrogens with one attached hydrogen (secondary N) is 1. The summed E-state index contributed by atoms with van der Waals surface area (Å²) in [5.41, 5.74) is 1.81. The van der Waals surface area contributed by atoms with Crippen LogP contribution in [0.25, 0.3) is 0 Å². The summed E-state index contributed by atoms with van der Waals surface area (Å²) in [6.45, 7) is 2.63. The van der Waals surface area contributed by atoms with Crippen LogP contribution in [-0.2, 0) is 13.6 Å². The Hall–Kier alpha value is -2.18. The van der Waals surface area contributed by atoms with Crippen molar-refractivity contribution in [2.24, 2.45) is 13.0 Å². The van der Waals surface area contributed by atoms with Crippen LogP contribution in [0.15, 0.2) is 42.7 Å². The number of nitrogens with zero attached hydrogens (tertiary/aromatic N) is 3. The fourth-order valence-electron chi connectivity index (χ4n) is 3.23. The molecule has 1 aliphatic rings. The highest BCUT2D eigenvalue weighted by Crippen LogP contribution is 2.20. The van der Waals surface area contributed by atoms with Crippen LogP contribution in [0.3, 0.4) is 0 Å². The highest BCUT2D eigenvalue weighted by Gasteiger charge is 2.30. The first-order chi connectivity index (χ1) is 11.7. The van der Waals surface area contributed by atoms with E-state index in [-0.39, 0.29) is 24.5 Å². The number of aromatic nitrogens is 2. The predicted octanol–water partition coefficient (Wildman–Crippen LogP) is 1.03. The number of amides is 1. The fourth-order valence-corrected chi connectivity index (χ4v) is 3.23. The molecule has 1 saturated heterocycles. The fraction of sp³-hybridized carbons (Fsp3) is 0.444. The van der Waals surface area contributed by atoms with Gasteiger partial charge in [-0.1, -0.05) is 30.3 Å². The van der Waals surface area contributed by atoms with Gasteiger partial charge in [-0.15, -0.1) is 0 Å². The standard InChI is InChI=1S/C18H24N4O2/c1-21-11-16(9-19-21)18(24)20-17-12-22(8-7-15(17)13-23)10-14-5-3-2-4-6-14/h2-6,9,11,15,17,23H,7-8,10,12-13H2,1H3,(H,20,24). The second-order valence-electron chi connectivity index (χ2n) is 6.43. The molecule has 1 aromatic heterocycles. The number of rotatable bonds is 5. The van der Waals surface area contributed by atoms with Gasteiger partial charge in [0.05, 0.1) is 11.8 Å². The molecule has 2 heterocycles. The molecule has 0 saturated carbocycles. The van der Waals surface area contributed by atoms with Gasteiger partial charge in [-0.25, -0.2) is 0 Å². The van der Waals surface area contributed by atoms with Crippen molar-refractivity contribution >= 4 is 5.91 Å². The van der Waals surface area contributed by atoms with Crippen LogP contribution in [0.5, 0.6) is 0 Å². The molecule has 0 aliphatic carbocycles. The molecule has 2 unspecified atom stereocenters. The third-order valence-corrected chi connectivity index (χ3v) is 4.61. The number of hydrogen-bond acceptors (Lipinski definition) is 4. The van der Waals surface area contributed by atoms with Gasteiger partial charge in [0.1, 0.15) is 0 Å². The SMILES string of the molecule is Cn1cc(C(=O)NC2CN(Cc3ccccc3)CCC2CO)cn1. The first-order valence-corrected chi connectivity index (χ1v) is 8.32. The third-order valence-electron chi connectivity index (χ3n) is 4.61. The number of likely N-dealkylation sites (tertiary alicyclic amines) is 1. The van der Waals surface area contributed by atoms with Crippen molar-refractivity contribution in [1.29, 1.82) is 0 Å². The average molecular weight is 328 g/mol. The molecule has 6 heteroatoms. The second-order valence-corrected chi connectivity index (χ2v) is 6.43. The Labute approximate surface area is 142 Å². The van der Waals surface area contributed by atoms with Gasteiger partial charge in [-0.3, -0.25) is 14.4 Å². The van der Waals surface area contributed by atoms with E-state index < -0.39 is 0 Å². The summed E-state index contributed by atoms with van der Waals surface area (Å²) in [6, 6.07) is 10.3. The highest BCUT2D eigenvalue weighted by atomic mass is 16.3. The molecule has 1 amide bonds. The lowest BCUT2D eigenvalue weighted by Crippen LogP contribution is -2.53. The van der Waals surface area contributed by atoms with Gasteiger partial charge >= 0.3 is 0 Å². The number of piperidine rings is 1. The minimum Gasteiger partial charge on any atom is -0.396 e. The summed E-state index contributed by atoms with van der Waals surface area (Å²) in [5, 5.41) is 16.7. The van der Waals surface area contributed by atoms with Gasteiger partial charge < -0.3 is 10.4 Å². The van der Waals surface area contributed by atoms with Gasteiger partial charge in [0.25, 0.3) is 5.91 Å². The van der Waals surface area contributed by atoms with E-state index in [1.165, 1.54) is 5.56 Å². The van der Waals surface area contributed by atoms with Crippen molar-refractivity contribution in [3.8, 4) is 0 Å². The molecule has 24 heavy (non-hydrogen) atoms. The minimum absolute atomic E-state index is 0.0554. The maximum Gasteiger partial charge on any atom is 0.254 e. The molecule has 2 N–H and O–H groups in total. The maximum absolute atomic E-state index is 12.4. The molecule has 1 aromatic carbocycles. The van der Waals surface area contributed by atoms with Gasteiger partial charge in [0.2, 0.25) is 0 Å². The largest absolute Gasteiger partial charge is 0.396 e. The Bertz CT molecular complexity index is 671. The van der Waals surface area contributed by atoms with Crippen LogP contribution in [0, 0.1) is 5.92 Å². The minimum atomic E-state index is -0.131. The zero-order chi connectivity index (χ0) is 16.9. The molecule has 0 spiro atoms. The summed E-state index contributed by atoms with van der Waals surface area (Å²) in [6.07, 6.45) is 4.14. The van der Waals surface area contributed by atoms with Crippen molar-refractivity contribution in [2.45, 2.75) is 19.0 Å². The number of carbonyl (C=O) groups excluding carboxylic acids is 1. The van der Waals surface area contributed by atoms with Gasteiger partial charge in [0, 0.05) is 44.9 Å². The van der Waals surface area contributed by atoms with Crippen LogP contribution in [0.1, 0.15) is 22.3 Å². The molecule has 1 aliphatic heterocycles. The number of aliphatic hydroxyl groups excluding tert-OH is 1. The topological polar surface area (TPSA) is 70.4 Å². The average Bonchev–Trinajstić information content (AvgIpc) is 3.03. The van der Waals surface area contributed by atoms with E-state index >= 15 is 0 Å². The molecule has 0 bridgehead atoms. The molecule has 1 fully saturated rings. The number of hydrogen-bond donors (Lipinski definition) is 2. The zero-order valence-corrected chi connectivity index (χ0v) is 13.9. The summed E-state index contributed by atoms with van der Waals surface area (Å²) in [4.78, 5) is 14.7. The van der Waals surface area contributed by atoms with Crippen LogP contribution in [-0.4, -0.2) is 51.4 Å². The quantitative estimate of drug-likeness (QED) is 0.860. The van der Waals surface area contributed by atoms with E-state index in [2.05, 4.69) is 27.4 Å². The molecular formula is C18H24N4O2. The van der Waals surface area contributed by atoms with E-state index in [1.54, 1.807) is 24.1 Å². The Morgan fingerprint density at radius 1 is 1.38 bits per heavy atom. The molecule has 128 valence electrons. The van der Waals surface area contributed by atoms with Crippen molar-refractivity contribution in [1.82, 2.24) is 20.0 Å². The molecule has 2 aromatic rings. The Morgan fingerprint density at radius 2 is 2.17 bits per heavy atom. The van der Waals surface area contributed by atoms with Crippen molar-refractivity contribution in [3.63, 3.8) is 0 Å². The highest BCUT2D eigenvalue weighted by molar-refractivity contribution is 5.93. The molecular weight excluding hydrogens is 304 g/mol. The number of aryl methyl sites for hydroxylation is 1. The second kappa shape index (κ2) is 7.59. The van der Waals surface area contributed by atoms with Gasteiger partial charge in [0.15, 0.2) is 0 Å². The smallest absolute Gasteiger partial charge is 0.254 e. The van der Waals surface area contributed by atoms with Gasteiger partial charge in [-0.2, -0.15) is 5.10 Å². The number of aliphatic hydroxyl groups is 1. The Morgan fingerprint density at radius 3 is 2.83 bits per heavy atom. The van der Waals surface area contributed by atoms with Crippen molar-refractivity contribution < 1.29 is 9.90 Å². The maximum atomic E-state index is 12.4. The van der Waals surface area contributed by atoms with E-state index in [0.717, 1.165) is 26.1 Å². The monoisotopic (exact) mass is 328 g/mol. The van der Waals surface area contributed by atoms with Crippen LogP contribution < -0.4 is 5.32 Å². The lowest BCUT2D eigenvalue weighted by atomic mass is 9.91. The van der Waals surface area contributed by atoms with E-state index in [9.17, 15) is 9.90 Å². The zero-order valence-electron chi connectivity index (χ0n) is 13.9. The summed E-state index contributed by atoms with van der Waals surface area (Å²) in [5.74, 6) is -0.0363. The lowest BCUT2D eigenvalue weighted by molar-refractivity contribution is 0.0730. The van der Waals surface area contributed by atoms with E-state index in [1.807, 2.05) is 18.2 Å². The first-order valence-electron chi connectivity index (χ1n) is 8.32. The lowest BCUT2D eigenvalue weighted by Gasteiger charge is -2.38. The Kier molecular flexibility index (Phi) is 5.27. The Balaban J connectivity index is 1.64. The van der Waals surface area contributed by atoms with Gasteiger partial charge in [-0.05, 0) is 18.5 Å². The molecule has 2 atom stereocenters. The normalized spacial score (nSPS) is 21.6. The summed E-state index contributed by atoms with van der Waals surface area (Å²) < 4.78 is 1.61. The van der Waals surface area contributed by atoms with Crippen molar-refractivity contribution in [3.05, 3.63) is 53.9 Å². The number of carbonyl (C=O) groups is 1. The van der Waals surface area contributed by atoms with Crippen molar-refractivity contribution in [2.75, 3.05) is 19.7 Å². The molecule has 6 nitrogen and oxygen atoms in total. The predicted molar refractivity (Wildman–Crippen MR) is 91.4 cm³/mol. The third kappa shape index (κ3) is 4.01.